The van der Waals surface area contributed by atoms with Crippen LogP contribution in [0, 0.1) is 5.82 Å². The van der Waals surface area contributed by atoms with Crippen LogP contribution in [-0.4, -0.2) is 22.0 Å². The van der Waals surface area contributed by atoms with Gasteiger partial charge in [-0.15, -0.1) is 0 Å². The lowest BCUT2D eigenvalue weighted by molar-refractivity contribution is 0.595. The van der Waals surface area contributed by atoms with Gasteiger partial charge >= 0.3 is 0 Å². The average Bonchev–Trinajstić information content (AvgIpc) is 2.42. The molecule has 0 aliphatic rings. The number of aryl methyl sites for hydroxylation is 1. The SMILES string of the molecule is CCc1ccc(Cc2nc(NC)ncc2F)nc1. The van der Waals surface area contributed by atoms with E-state index in [4.69, 9.17) is 0 Å². The molecule has 2 aromatic heterocycles. The highest BCUT2D eigenvalue weighted by atomic mass is 19.1. The van der Waals surface area contributed by atoms with E-state index in [1.807, 2.05) is 18.3 Å². The van der Waals surface area contributed by atoms with Crippen LogP contribution in [0.3, 0.4) is 0 Å². The molecule has 0 atom stereocenters. The Bertz CT molecular complexity index is 525. The van der Waals surface area contributed by atoms with Crippen molar-refractivity contribution >= 4 is 5.95 Å². The first-order valence-electron chi connectivity index (χ1n) is 5.86. The highest BCUT2D eigenvalue weighted by Crippen LogP contribution is 2.11. The number of pyridine rings is 1. The van der Waals surface area contributed by atoms with Gasteiger partial charge in [0.25, 0.3) is 0 Å². The third-order valence-electron chi connectivity index (χ3n) is 2.68. The van der Waals surface area contributed by atoms with Gasteiger partial charge in [-0.3, -0.25) is 4.98 Å². The number of hydrogen-bond donors (Lipinski definition) is 1. The first-order chi connectivity index (χ1) is 8.72. The van der Waals surface area contributed by atoms with E-state index in [0.717, 1.165) is 17.7 Å². The molecule has 2 heterocycles. The second-order valence-electron chi connectivity index (χ2n) is 3.93. The molecule has 0 fully saturated rings. The summed E-state index contributed by atoms with van der Waals surface area (Å²) in [6, 6.07) is 3.90. The molecule has 1 N–H and O–H groups in total. The Balaban J connectivity index is 2.21. The van der Waals surface area contributed by atoms with E-state index in [0.29, 0.717) is 18.1 Å². The molecule has 0 saturated heterocycles. The highest BCUT2D eigenvalue weighted by molar-refractivity contribution is 5.27. The maximum absolute atomic E-state index is 13.6. The van der Waals surface area contributed by atoms with Gasteiger partial charge in [-0.25, -0.2) is 14.4 Å². The van der Waals surface area contributed by atoms with Gasteiger partial charge in [0.2, 0.25) is 5.95 Å². The van der Waals surface area contributed by atoms with Crippen LogP contribution in [0.25, 0.3) is 0 Å². The van der Waals surface area contributed by atoms with Gasteiger partial charge in [0.1, 0.15) is 0 Å². The van der Waals surface area contributed by atoms with Gasteiger partial charge in [0.05, 0.1) is 11.9 Å². The van der Waals surface area contributed by atoms with Crippen molar-refractivity contribution in [3.05, 3.63) is 47.3 Å². The Morgan fingerprint density at radius 3 is 2.67 bits per heavy atom. The van der Waals surface area contributed by atoms with E-state index in [1.165, 1.54) is 6.20 Å². The van der Waals surface area contributed by atoms with Gasteiger partial charge < -0.3 is 5.32 Å². The Kier molecular flexibility index (Phi) is 3.82. The third-order valence-corrected chi connectivity index (χ3v) is 2.68. The lowest BCUT2D eigenvalue weighted by atomic mass is 10.1. The molecule has 0 aliphatic heterocycles. The van der Waals surface area contributed by atoms with Crippen molar-refractivity contribution < 1.29 is 4.39 Å². The molecule has 2 aromatic rings. The molecule has 0 saturated carbocycles. The minimum atomic E-state index is -0.407. The molecule has 0 radical (unpaired) electrons. The van der Waals surface area contributed by atoms with Crippen molar-refractivity contribution in [2.75, 3.05) is 12.4 Å². The summed E-state index contributed by atoms with van der Waals surface area (Å²) in [5.41, 5.74) is 2.32. The number of rotatable bonds is 4. The third kappa shape index (κ3) is 2.80. The standard InChI is InChI=1S/C13H15FN4/c1-3-9-4-5-10(16-7-9)6-12-11(14)8-17-13(15-2)18-12/h4-5,7-8H,3,6H2,1-2H3,(H,15,17,18). The largest absolute Gasteiger partial charge is 0.357 e. The smallest absolute Gasteiger partial charge is 0.222 e. The van der Waals surface area contributed by atoms with E-state index in [-0.39, 0.29) is 0 Å². The fourth-order valence-electron chi connectivity index (χ4n) is 1.59. The number of nitrogens with zero attached hydrogens (tertiary/aromatic N) is 3. The Hall–Kier alpha value is -2.04. The van der Waals surface area contributed by atoms with Crippen molar-refractivity contribution in [1.29, 1.82) is 0 Å². The minimum Gasteiger partial charge on any atom is -0.357 e. The maximum atomic E-state index is 13.6. The van der Waals surface area contributed by atoms with Crippen LogP contribution >= 0.6 is 0 Å². The molecule has 0 spiro atoms. The van der Waals surface area contributed by atoms with Crippen LogP contribution in [0.2, 0.25) is 0 Å². The summed E-state index contributed by atoms with van der Waals surface area (Å²) in [7, 11) is 1.70. The normalized spacial score (nSPS) is 10.4. The van der Waals surface area contributed by atoms with Crippen LogP contribution < -0.4 is 5.32 Å². The van der Waals surface area contributed by atoms with E-state index in [2.05, 4.69) is 27.2 Å². The molecule has 0 unspecified atom stereocenters. The Labute approximate surface area is 105 Å². The summed E-state index contributed by atoms with van der Waals surface area (Å²) in [5.74, 6) is 0.00643. The number of halogens is 1. The Morgan fingerprint density at radius 1 is 1.22 bits per heavy atom. The molecule has 2 rings (SSSR count). The molecule has 0 aromatic carbocycles. The quantitative estimate of drug-likeness (QED) is 0.898. The molecule has 5 heteroatoms. The summed E-state index contributed by atoms with van der Waals surface area (Å²) in [4.78, 5) is 12.2. The fourth-order valence-corrected chi connectivity index (χ4v) is 1.59. The fraction of sp³-hybridized carbons (Fsp3) is 0.308. The molecule has 94 valence electrons. The van der Waals surface area contributed by atoms with Crippen molar-refractivity contribution in [2.24, 2.45) is 0 Å². The molecular weight excluding hydrogens is 231 g/mol. The van der Waals surface area contributed by atoms with Gasteiger partial charge in [-0.05, 0) is 18.1 Å². The van der Waals surface area contributed by atoms with Crippen LogP contribution in [0.1, 0.15) is 23.9 Å². The second-order valence-corrected chi connectivity index (χ2v) is 3.93. The monoisotopic (exact) mass is 246 g/mol. The first kappa shape index (κ1) is 12.4. The zero-order chi connectivity index (χ0) is 13.0. The predicted octanol–water partition coefficient (Wildman–Crippen LogP) is 2.21. The molecule has 0 amide bonds. The van der Waals surface area contributed by atoms with Crippen LogP contribution in [0.5, 0.6) is 0 Å². The zero-order valence-electron chi connectivity index (χ0n) is 10.4. The van der Waals surface area contributed by atoms with Gasteiger partial charge in [0, 0.05) is 25.4 Å². The number of nitrogens with one attached hydrogen (secondary N) is 1. The predicted molar refractivity (Wildman–Crippen MR) is 68.0 cm³/mol. The van der Waals surface area contributed by atoms with Gasteiger partial charge in [0.15, 0.2) is 5.82 Å². The Morgan fingerprint density at radius 2 is 2.06 bits per heavy atom. The molecule has 4 nitrogen and oxygen atoms in total. The summed E-state index contributed by atoms with van der Waals surface area (Å²) in [6.45, 7) is 2.07. The maximum Gasteiger partial charge on any atom is 0.222 e. The van der Waals surface area contributed by atoms with Crippen LogP contribution in [-0.2, 0) is 12.8 Å². The van der Waals surface area contributed by atoms with Crippen molar-refractivity contribution in [1.82, 2.24) is 15.0 Å². The summed E-state index contributed by atoms with van der Waals surface area (Å²) in [5, 5.41) is 2.79. The van der Waals surface area contributed by atoms with Crippen LogP contribution in [0.15, 0.2) is 24.5 Å². The number of aromatic nitrogens is 3. The molecular formula is C13H15FN4. The van der Waals surface area contributed by atoms with Gasteiger partial charge in [-0.1, -0.05) is 13.0 Å². The molecule has 0 bridgehead atoms. The van der Waals surface area contributed by atoms with Crippen molar-refractivity contribution in [2.45, 2.75) is 19.8 Å². The summed E-state index contributed by atoms with van der Waals surface area (Å²) < 4.78 is 13.6. The van der Waals surface area contributed by atoms with Crippen LogP contribution in [0.4, 0.5) is 10.3 Å². The lowest BCUT2D eigenvalue weighted by Gasteiger charge is -2.05. The summed E-state index contributed by atoms with van der Waals surface area (Å²) >= 11 is 0. The number of anilines is 1. The summed E-state index contributed by atoms with van der Waals surface area (Å²) in [6.07, 6.45) is 4.30. The molecule has 0 aliphatic carbocycles. The zero-order valence-corrected chi connectivity index (χ0v) is 10.4. The van der Waals surface area contributed by atoms with Crippen molar-refractivity contribution in [3.8, 4) is 0 Å². The van der Waals surface area contributed by atoms with E-state index < -0.39 is 5.82 Å². The molecule has 18 heavy (non-hydrogen) atoms. The second kappa shape index (κ2) is 5.53. The highest BCUT2D eigenvalue weighted by Gasteiger charge is 2.08. The van der Waals surface area contributed by atoms with Crippen molar-refractivity contribution in [3.63, 3.8) is 0 Å². The van der Waals surface area contributed by atoms with E-state index in [1.54, 1.807) is 7.05 Å². The lowest BCUT2D eigenvalue weighted by Crippen LogP contribution is -2.04. The first-order valence-corrected chi connectivity index (χ1v) is 5.86. The van der Waals surface area contributed by atoms with Gasteiger partial charge in [-0.2, -0.15) is 0 Å². The van der Waals surface area contributed by atoms with E-state index >= 15 is 0 Å². The number of hydrogen-bond acceptors (Lipinski definition) is 4. The average molecular weight is 246 g/mol. The van der Waals surface area contributed by atoms with E-state index in [9.17, 15) is 4.39 Å². The topological polar surface area (TPSA) is 50.7 Å². The minimum absolute atomic E-state index is 0.353.